The van der Waals surface area contributed by atoms with E-state index in [4.69, 9.17) is 4.52 Å². The van der Waals surface area contributed by atoms with Crippen molar-refractivity contribution in [3.05, 3.63) is 5.82 Å². The van der Waals surface area contributed by atoms with Crippen LogP contribution in [0.2, 0.25) is 0 Å². The number of carbonyl (C=O) groups excluding carboxylic acids is 1. The number of rotatable bonds is 4. The van der Waals surface area contributed by atoms with Gasteiger partial charge in [0.25, 0.3) is 0 Å². The van der Waals surface area contributed by atoms with Crippen molar-refractivity contribution in [1.82, 2.24) is 19.9 Å². The summed E-state index contributed by atoms with van der Waals surface area (Å²) in [6, 6.07) is 1.38. The molecule has 4 fully saturated rings. The predicted octanol–water partition coefficient (Wildman–Crippen LogP) is 1.39. The van der Waals surface area contributed by atoms with E-state index in [0.29, 0.717) is 47.0 Å². The first-order valence-electron chi connectivity index (χ1n) is 10.0. The zero-order valence-electron chi connectivity index (χ0n) is 16.0. The van der Waals surface area contributed by atoms with Crippen LogP contribution in [-0.4, -0.2) is 71.7 Å². The Kier molecular flexibility index (Phi) is 3.61. The maximum absolute atomic E-state index is 12.4. The molecule has 2 aliphatic heterocycles. The SMILES string of the molecule is CCN(C)C(=O)C1[C@H]2CN(C3CCC4(C3)CN(c3nc(C)no3)C4)C[C@@H]12. The normalized spacial score (nSPS) is 34.8. The standard InChI is InChI=1S/C19H29N5O2/c1-4-22(3)17(25)16-14-8-23(9-15(14)16)13-5-6-19(7-13)10-24(11-19)18-20-12(2)21-26-18/h13-16H,4-11H2,1-3H3/t13?,14-,15+,16?. The second-order valence-corrected chi connectivity index (χ2v) is 9.04. The van der Waals surface area contributed by atoms with E-state index in [0.717, 1.165) is 32.7 Å². The predicted molar refractivity (Wildman–Crippen MR) is 96.7 cm³/mol. The molecule has 142 valence electrons. The van der Waals surface area contributed by atoms with Crippen molar-refractivity contribution in [2.75, 3.05) is 44.7 Å². The molecule has 3 heterocycles. The number of hydrogen-bond donors (Lipinski definition) is 0. The molecule has 26 heavy (non-hydrogen) atoms. The monoisotopic (exact) mass is 359 g/mol. The van der Waals surface area contributed by atoms with Crippen molar-refractivity contribution < 1.29 is 9.32 Å². The van der Waals surface area contributed by atoms with Gasteiger partial charge in [0.15, 0.2) is 5.82 Å². The molecule has 2 aliphatic carbocycles. The van der Waals surface area contributed by atoms with E-state index in [1.54, 1.807) is 0 Å². The van der Waals surface area contributed by atoms with E-state index in [2.05, 4.69) is 26.9 Å². The van der Waals surface area contributed by atoms with Crippen molar-refractivity contribution in [2.45, 2.75) is 39.2 Å². The summed E-state index contributed by atoms with van der Waals surface area (Å²) in [6.07, 6.45) is 3.88. The number of hydrogen-bond acceptors (Lipinski definition) is 6. The highest BCUT2D eigenvalue weighted by Crippen LogP contribution is 2.55. The zero-order chi connectivity index (χ0) is 18.1. The Morgan fingerprint density at radius 3 is 2.69 bits per heavy atom. The number of fused-ring (bicyclic) bond motifs is 1. The molecule has 0 radical (unpaired) electrons. The lowest BCUT2D eigenvalue weighted by Gasteiger charge is -2.47. The van der Waals surface area contributed by atoms with Gasteiger partial charge in [-0.2, -0.15) is 4.98 Å². The van der Waals surface area contributed by atoms with Crippen LogP contribution in [0.1, 0.15) is 32.0 Å². The lowest BCUT2D eigenvalue weighted by atomic mass is 9.78. The van der Waals surface area contributed by atoms with Crippen LogP contribution >= 0.6 is 0 Å². The highest BCUT2D eigenvalue weighted by Gasteiger charge is 2.61. The molecular formula is C19H29N5O2. The van der Waals surface area contributed by atoms with Gasteiger partial charge in [0.05, 0.1) is 0 Å². The Labute approximate surface area is 154 Å². The van der Waals surface area contributed by atoms with Crippen molar-refractivity contribution >= 4 is 11.9 Å². The second-order valence-electron chi connectivity index (χ2n) is 9.04. The van der Waals surface area contributed by atoms with Crippen molar-refractivity contribution in [3.8, 4) is 0 Å². The molecule has 0 aromatic carbocycles. The van der Waals surface area contributed by atoms with E-state index in [9.17, 15) is 4.79 Å². The zero-order valence-corrected chi connectivity index (χ0v) is 16.0. The fourth-order valence-electron chi connectivity index (χ4n) is 5.72. The summed E-state index contributed by atoms with van der Waals surface area (Å²) in [6.45, 7) is 9.10. The number of nitrogens with zero attached hydrogens (tertiary/aromatic N) is 5. The number of carbonyl (C=O) groups is 1. The van der Waals surface area contributed by atoms with Crippen LogP contribution in [0, 0.1) is 30.1 Å². The first kappa shape index (κ1) is 16.5. The Balaban J connectivity index is 1.13. The first-order chi connectivity index (χ1) is 12.5. The van der Waals surface area contributed by atoms with Crippen LogP contribution in [0.3, 0.4) is 0 Å². The van der Waals surface area contributed by atoms with Crippen LogP contribution < -0.4 is 4.90 Å². The number of aryl methyl sites for hydroxylation is 1. The van der Waals surface area contributed by atoms with Gasteiger partial charge in [-0.25, -0.2) is 0 Å². The molecule has 1 spiro atoms. The number of aromatic nitrogens is 2. The Bertz CT molecular complexity index is 701. The average Bonchev–Trinajstić information content (AvgIpc) is 3.05. The molecule has 5 rings (SSSR count). The molecular weight excluding hydrogens is 330 g/mol. The molecule has 0 N–H and O–H groups in total. The van der Waals surface area contributed by atoms with Gasteiger partial charge in [0.1, 0.15) is 0 Å². The third kappa shape index (κ3) is 2.47. The van der Waals surface area contributed by atoms with Gasteiger partial charge >= 0.3 is 6.01 Å². The minimum absolute atomic E-state index is 0.312. The van der Waals surface area contributed by atoms with Gasteiger partial charge < -0.3 is 14.3 Å². The van der Waals surface area contributed by atoms with Crippen molar-refractivity contribution in [2.24, 2.45) is 23.2 Å². The van der Waals surface area contributed by atoms with E-state index in [1.165, 1.54) is 19.3 Å². The van der Waals surface area contributed by atoms with Gasteiger partial charge in [-0.3, -0.25) is 9.69 Å². The molecule has 2 saturated carbocycles. The summed E-state index contributed by atoms with van der Waals surface area (Å²) in [5.74, 6) is 2.63. The largest absolute Gasteiger partial charge is 0.346 e. The molecule has 1 amide bonds. The van der Waals surface area contributed by atoms with Crippen LogP contribution in [0.25, 0.3) is 0 Å². The highest BCUT2D eigenvalue weighted by molar-refractivity contribution is 5.82. The summed E-state index contributed by atoms with van der Waals surface area (Å²) >= 11 is 0. The quantitative estimate of drug-likeness (QED) is 0.809. The Hall–Kier alpha value is -1.63. The Morgan fingerprint density at radius 2 is 2.08 bits per heavy atom. The fourth-order valence-corrected chi connectivity index (χ4v) is 5.72. The molecule has 4 aliphatic rings. The summed E-state index contributed by atoms with van der Waals surface area (Å²) in [7, 11) is 1.93. The lowest BCUT2D eigenvalue weighted by molar-refractivity contribution is -0.132. The highest BCUT2D eigenvalue weighted by atomic mass is 16.5. The second kappa shape index (κ2) is 5.68. The van der Waals surface area contributed by atoms with E-state index >= 15 is 0 Å². The molecule has 2 unspecified atom stereocenters. The van der Waals surface area contributed by atoms with Gasteiger partial charge in [-0.05, 0) is 44.9 Å². The number of amides is 1. The third-order valence-corrected chi connectivity index (χ3v) is 7.39. The molecule has 2 saturated heterocycles. The minimum Gasteiger partial charge on any atom is -0.346 e. The first-order valence-corrected chi connectivity index (χ1v) is 10.0. The molecule has 7 heteroatoms. The summed E-state index contributed by atoms with van der Waals surface area (Å²) in [4.78, 5) is 23.5. The molecule has 1 aromatic heterocycles. The van der Waals surface area contributed by atoms with Crippen LogP contribution in [0.4, 0.5) is 6.01 Å². The van der Waals surface area contributed by atoms with Gasteiger partial charge in [0, 0.05) is 57.1 Å². The number of likely N-dealkylation sites (tertiary alicyclic amines) is 1. The molecule has 4 atom stereocenters. The Morgan fingerprint density at radius 1 is 1.35 bits per heavy atom. The summed E-state index contributed by atoms with van der Waals surface area (Å²) in [5, 5.41) is 3.90. The number of anilines is 1. The van der Waals surface area contributed by atoms with Crippen LogP contribution in [-0.2, 0) is 4.79 Å². The maximum Gasteiger partial charge on any atom is 0.324 e. The lowest BCUT2D eigenvalue weighted by Crippen LogP contribution is -2.56. The topological polar surface area (TPSA) is 65.7 Å². The van der Waals surface area contributed by atoms with Gasteiger partial charge in [-0.15, -0.1) is 0 Å². The summed E-state index contributed by atoms with van der Waals surface area (Å²) < 4.78 is 5.30. The van der Waals surface area contributed by atoms with Gasteiger partial charge in [0.2, 0.25) is 5.91 Å². The van der Waals surface area contributed by atoms with Crippen molar-refractivity contribution in [3.63, 3.8) is 0 Å². The average molecular weight is 359 g/mol. The molecule has 7 nitrogen and oxygen atoms in total. The maximum atomic E-state index is 12.4. The fraction of sp³-hybridized carbons (Fsp3) is 0.842. The van der Waals surface area contributed by atoms with Crippen molar-refractivity contribution in [1.29, 1.82) is 0 Å². The third-order valence-electron chi connectivity index (χ3n) is 7.39. The van der Waals surface area contributed by atoms with E-state index < -0.39 is 0 Å². The molecule has 0 bridgehead atoms. The van der Waals surface area contributed by atoms with Gasteiger partial charge in [-0.1, -0.05) is 5.16 Å². The smallest absolute Gasteiger partial charge is 0.324 e. The van der Waals surface area contributed by atoms with E-state index in [1.807, 2.05) is 18.9 Å². The van der Waals surface area contributed by atoms with Crippen LogP contribution in [0.15, 0.2) is 4.52 Å². The number of piperidine rings is 1. The molecule has 1 aromatic rings. The summed E-state index contributed by atoms with van der Waals surface area (Å²) in [5.41, 5.74) is 0.442. The van der Waals surface area contributed by atoms with Crippen LogP contribution in [0.5, 0.6) is 0 Å². The van der Waals surface area contributed by atoms with E-state index in [-0.39, 0.29) is 0 Å². The minimum atomic E-state index is 0.312.